The summed E-state index contributed by atoms with van der Waals surface area (Å²) >= 11 is 3.35. The number of nitrogens with zero attached hydrogens (tertiary/aromatic N) is 1. The average molecular weight is 439 g/mol. The maximum Gasteiger partial charge on any atom is 0.271 e. The van der Waals surface area contributed by atoms with Crippen LogP contribution in [0.25, 0.3) is 0 Å². The third-order valence-electron chi connectivity index (χ3n) is 3.91. The number of para-hydroxylation sites is 1. The maximum atomic E-state index is 12.1. The van der Waals surface area contributed by atoms with E-state index < -0.39 is 0 Å². The Morgan fingerprint density at radius 2 is 1.89 bits per heavy atom. The van der Waals surface area contributed by atoms with Gasteiger partial charge < -0.3 is 9.47 Å². The number of nitrogens with one attached hydrogen (secondary N) is 1. The Morgan fingerprint density at radius 3 is 2.64 bits per heavy atom. The summed E-state index contributed by atoms with van der Waals surface area (Å²) in [5.41, 5.74) is 4.76. The van der Waals surface area contributed by atoms with E-state index in [4.69, 9.17) is 9.47 Å². The van der Waals surface area contributed by atoms with Gasteiger partial charge in [0.05, 0.1) is 13.3 Å². The predicted molar refractivity (Wildman–Crippen MR) is 113 cm³/mol. The van der Waals surface area contributed by atoms with Gasteiger partial charge in [-0.3, -0.25) is 4.79 Å². The fraction of sp³-hybridized carbons (Fsp3) is 0.0909. The van der Waals surface area contributed by atoms with Crippen molar-refractivity contribution in [3.8, 4) is 11.5 Å². The van der Waals surface area contributed by atoms with E-state index in [9.17, 15) is 4.79 Å². The van der Waals surface area contributed by atoms with E-state index in [1.165, 1.54) is 0 Å². The fourth-order valence-electron chi connectivity index (χ4n) is 2.53. The van der Waals surface area contributed by atoms with Crippen LogP contribution in [0.15, 0.2) is 82.4 Å². The van der Waals surface area contributed by atoms with Crippen LogP contribution in [0.5, 0.6) is 11.5 Å². The van der Waals surface area contributed by atoms with Crippen LogP contribution >= 0.6 is 15.9 Å². The highest BCUT2D eigenvalue weighted by molar-refractivity contribution is 9.10. The SMILES string of the molecule is COc1ccc(/C=N/NC(=O)c2cccc(Br)c2)cc1COc1ccccc1. The van der Waals surface area contributed by atoms with Crippen LogP contribution in [0.4, 0.5) is 0 Å². The van der Waals surface area contributed by atoms with Crippen molar-refractivity contribution in [1.82, 2.24) is 5.43 Å². The summed E-state index contributed by atoms with van der Waals surface area (Å²) in [5, 5.41) is 4.04. The molecule has 0 bridgehead atoms. The van der Waals surface area contributed by atoms with Crippen LogP contribution < -0.4 is 14.9 Å². The van der Waals surface area contributed by atoms with Crippen molar-refractivity contribution in [3.63, 3.8) is 0 Å². The molecule has 0 spiro atoms. The Bertz CT molecular complexity index is 975. The predicted octanol–water partition coefficient (Wildman–Crippen LogP) is 4.80. The topological polar surface area (TPSA) is 59.9 Å². The Kier molecular flexibility index (Phi) is 6.81. The number of halogens is 1. The summed E-state index contributed by atoms with van der Waals surface area (Å²) in [7, 11) is 1.62. The summed E-state index contributed by atoms with van der Waals surface area (Å²) in [4.78, 5) is 12.1. The van der Waals surface area contributed by atoms with Gasteiger partial charge in [0.25, 0.3) is 5.91 Å². The van der Waals surface area contributed by atoms with Crippen molar-refractivity contribution in [2.24, 2.45) is 5.10 Å². The van der Waals surface area contributed by atoms with Crippen molar-refractivity contribution >= 4 is 28.1 Å². The third kappa shape index (κ3) is 5.44. The number of benzene rings is 3. The van der Waals surface area contributed by atoms with Gasteiger partial charge in [0.2, 0.25) is 0 Å². The first-order valence-corrected chi connectivity index (χ1v) is 9.39. The van der Waals surface area contributed by atoms with E-state index in [0.29, 0.717) is 12.2 Å². The zero-order chi connectivity index (χ0) is 19.8. The second kappa shape index (κ2) is 9.71. The molecule has 3 aromatic carbocycles. The van der Waals surface area contributed by atoms with Crippen molar-refractivity contribution < 1.29 is 14.3 Å². The molecular weight excluding hydrogens is 420 g/mol. The van der Waals surface area contributed by atoms with Gasteiger partial charge in [-0.25, -0.2) is 5.43 Å². The molecule has 28 heavy (non-hydrogen) atoms. The van der Waals surface area contributed by atoms with Crippen LogP contribution in [0.2, 0.25) is 0 Å². The first kappa shape index (κ1) is 19.6. The molecule has 0 heterocycles. The lowest BCUT2D eigenvalue weighted by molar-refractivity contribution is 0.0955. The van der Waals surface area contributed by atoms with Crippen LogP contribution in [0.3, 0.4) is 0 Å². The van der Waals surface area contributed by atoms with E-state index in [1.54, 1.807) is 31.5 Å². The van der Waals surface area contributed by atoms with Gasteiger partial charge in [0.1, 0.15) is 18.1 Å². The normalized spacial score (nSPS) is 10.6. The number of amides is 1. The van der Waals surface area contributed by atoms with Crippen molar-refractivity contribution in [2.75, 3.05) is 7.11 Å². The number of ether oxygens (including phenoxy) is 2. The summed E-state index contributed by atoms with van der Waals surface area (Å²) in [6.07, 6.45) is 1.58. The minimum atomic E-state index is -0.279. The Hall–Kier alpha value is -3.12. The van der Waals surface area contributed by atoms with E-state index >= 15 is 0 Å². The molecule has 0 unspecified atom stereocenters. The summed E-state index contributed by atoms with van der Waals surface area (Å²) < 4.78 is 12.0. The Morgan fingerprint density at radius 1 is 1.07 bits per heavy atom. The Balaban J connectivity index is 1.66. The van der Waals surface area contributed by atoms with Crippen LogP contribution in [0.1, 0.15) is 21.5 Å². The highest BCUT2D eigenvalue weighted by Gasteiger charge is 2.06. The Labute approximate surface area is 172 Å². The molecule has 0 saturated heterocycles. The van der Waals surface area contributed by atoms with Gasteiger partial charge in [-0.2, -0.15) is 5.10 Å². The summed E-state index contributed by atoms with van der Waals surface area (Å²) in [5.74, 6) is 1.23. The van der Waals surface area contributed by atoms with Crippen LogP contribution in [-0.4, -0.2) is 19.2 Å². The van der Waals surface area contributed by atoms with E-state index in [0.717, 1.165) is 27.1 Å². The molecule has 0 radical (unpaired) electrons. The van der Waals surface area contributed by atoms with Crippen LogP contribution in [-0.2, 0) is 6.61 Å². The van der Waals surface area contributed by atoms with Gasteiger partial charge >= 0.3 is 0 Å². The molecule has 3 aromatic rings. The second-order valence-electron chi connectivity index (χ2n) is 5.88. The van der Waals surface area contributed by atoms with E-state index in [-0.39, 0.29) is 5.91 Å². The van der Waals surface area contributed by atoms with Crippen molar-refractivity contribution in [2.45, 2.75) is 6.61 Å². The fourth-order valence-corrected chi connectivity index (χ4v) is 2.93. The minimum absolute atomic E-state index is 0.279. The quantitative estimate of drug-likeness (QED) is 0.425. The molecule has 6 heteroatoms. The molecule has 0 fully saturated rings. The molecule has 1 amide bonds. The molecule has 0 aromatic heterocycles. The molecule has 0 atom stereocenters. The lowest BCUT2D eigenvalue weighted by atomic mass is 10.1. The molecule has 142 valence electrons. The van der Waals surface area contributed by atoms with Gasteiger partial charge in [0, 0.05) is 15.6 Å². The average Bonchev–Trinajstić information content (AvgIpc) is 2.73. The number of carbonyl (C=O) groups is 1. The van der Waals surface area contributed by atoms with Gasteiger partial charge in [-0.05, 0) is 54.1 Å². The van der Waals surface area contributed by atoms with E-state index in [1.807, 2.05) is 54.6 Å². The number of carbonyl (C=O) groups excluding carboxylic acids is 1. The molecule has 0 saturated carbocycles. The largest absolute Gasteiger partial charge is 0.496 e. The lowest BCUT2D eigenvalue weighted by Crippen LogP contribution is -2.17. The first-order valence-electron chi connectivity index (χ1n) is 8.59. The van der Waals surface area contributed by atoms with Gasteiger partial charge in [0.15, 0.2) is 0 Å². The number of hydrazone groups is 1. The zero-order valence-electron chi connectivity index (χ0n) is 15.3. The van der Waals surface area contributed by atoms with Gasteiger partial charge in [-0.1, -0.05) is 40.2 Å². The third-order valence-corrected chi connectivity index (χ3v) is 4.40. The second-order valence-corrected chi connectivity index (χ2v) is 6.80. The number of hydrogen-bond acceptors (Lipinski definition) is 4. The monoisotopic (exact) mass is 438 g/mol. The number of methoxy groups -OCH3 is 1. The highest BCUT2D eigenvalue weighted by Crippen LogP contribution is 2.21. The molecule has 0 aliphatic carbocycles. The van der Waals surface area contributed by atoms with Gasteiger partial charge in [-0.15, -0.1) is 0 Å². The molecule has 1 N–H and O–H groups in total. The molecule has 0 aliphatic heterocycles. The highest BCUT2D eigenvalue weighted by atomic mass is 79.9. The smallest absolute Gasteiger partial charge is 0.271 e. The maximum absolute atomic E-state index is 12.1. The van der Waals surface area contributed by atoms with E-state index in [2.05, 4.69) is 26.5 Å². The lowest BCUT2D eigenvalue weighted by Gasteiger charge is -2.11. The summed E-state index contributed by atoms with van der Waals surface area (Å²) in [6, 6.07) is 22.3. The van der Waals surface area contributed by atoms with Crippen molar-refractivity contribution in [1.29, 1.82) is 0 Å². The summed E-state index contributed by atoms with van der Waals surface area (Å²) in [6.45, 7) is 0.360. The minimum Gasteiger partial charge on any atom is -0.496 e. The molecule has 0 aliphatic rings. The standard InChI is InChI=1S/C22H19BrN2O3/c1-27-21-11-10-16(12-18(21)15-28-20-8-3-2-4-9-20)14-24-25-22(26)17-6-5-7-19(23)13-17/h2-14H,15H2,1H3,(H,25,26)/b24-14+. The molecule has 3 rings (SSSR count). The zero-order valence-corrected chi connectivity index (χ0v) is 16.8. The number of rotatable bonds is 7. The molecule has 5 nitrogen and oxygen atoms in total. The van der Waals surface area contributed by atoms with Crippen molar-refractivity contribution in [3.05, 3.63) is 94.0 Å². The van der Waals surface area contributed by atoms with Crippen LogP contribution in [0, 0.1) is 0 Å². The molecular formula is C22H19BrN2O3. The first-order chi connectivity index (χ1) is 13.7. The number of hydrogen-bond donors (Lipinski definition) is 1.